The molecule has 0 aliphatic heterocycles. The van der Waals surface area contributed by atoms with Crippen molar-refractivity contribution in [1.29, 1.82) is 5.26 Å². The molecule has 6 nitrogen and oxygen atoms in total. The highest BCUT2D eigenvalue weighted by atomic mass is 16.5. The van der Waals surface area contributed by atoms with Crippen LogP contribution in [0.5, 0.6) is 17.2 Å². The number of hydrogen-bond donors (Lipinski definition) is 1. The maximum Gasteiger partial charge on any atom is 0.257 e. The monoisotopic (exact) mass is 408 g/mol. The van der Waals surface area contributed by atoms with Crippen molar-refractivity contribution in [3.8, 4) is 23.3 Å². The van der Waals surface area contributed by atoms with Crippen LogP contribution in [-0.4, -0.2) is 33.3 Å². The number of rotatable bonds is 8. The molecule has 0 unspecified atom stereocenters. The van der Waals surface area contributed by atoms with Crippen molar-refractivity contribution < 1.29 is 19.0 Å². The van der Waals surface area contributed by atoms with Gasteiger partial charge in [0.1, 0.15) is 5.75 Å². The molecule has 2 aromatic rings. The van der Waals surface area contributed by atoms with E-state index < -0.39 is 0 Å². The lowest BCUT2D eigenvalue weighted by Gasteiger charge is -2.38. The van der Waals surface area contributed by atoms with Gasteiger partial charge in [-0.05, 0) is 42.7 Å². The van der Waals surface area contributed by atoms with E-state index in [0.29, 0.717) is 23.6 Å². The zero-order chi connectivity index (χ0) is 21.4. The molecule has 1 fully saturated rings. The van der Waals surface area contributed by atoms with Crippen LogP contribution in [-0.2, 0) is 10.2 Å². The first kappa shape index (κ1) is 21.5. The number of amides is 1. The zero-order valence-corrected chi connectivity index (χ0v) is 17.6. The summed E-state index contributed by atoms with van der Waals surface area (Å²) in [6, 6.07) is 15.1. The Labute approximate surface area is 177 Å². The molecule has 0 atom stereocenters. The van der Waals surface area contributed by atoms with E-state index in [0.717, 1.165) is 31.4 Å². The van der Waals surface area contributed by atoms with E-state index in [1.807, 2.05) is 12.1 Å². The molecular formula is C24H28N2O4. The van der Waals surface area contributed by atoms with Gasteiger partial charge in [0, 0.05) is 18.0 Å². The van der Waals surface area contributed by atoms with E-state index in [1.165, 1.54) is 19.1 Å². The first-order valence-corrected chi connectivity index (χ1v) is 10.2. The van der Waals surface area contributed by atoms with Crippen LogP contribution in [0.25, 0.3) is 0 Å². The average Bonchev–Trinajstić information content (AvgIpc) is 2.82. The Kier molecular flexibility index (Phi) is 7.18. The highest BCUT2D eigenvalue weighted by molar-refractivity contribution is 5.77. The number of carbonyl (C=O) groups is 1. The molecule has 0 bridgehead atoms. The van der Waals surface area contributed by atoms with E-state index in [1.54, 1.807) is 25.3 Å². The Balaban J connectivity index is 1.63. The second kappa shape index (κ2) is 10.0. The van der Waals surface area contributed by atoms with E-state index in [9.17, 15) is 4.79 Å². The second-order valence-electron chi connectivity index (χ2n) is 7.61. The molecule has 30 heavy (non-hydrogen) atoms. The molecule has 0 heterocycles. The molecule has 3 rings (SSSR count). The molecule has 0 aromatic heterocycles. The van der Waals surface area contributed by atoms with Crippen molar-refractivity contribution >= 4 is 5.91 Å². The molecular weight excluding hydrogens is 380 g/mol. The topological polar surface area (TPSA) is 80.6 Å². The highest BCUT2D eigenvalue weighted by Crippen LogP contribution is 2.39. The predicted octanol–water partition coefficient (Wildman–Crippen LogP) is 3.97. The van der Waals surface area contributed by atoms with Crippen LogP contribution in [0.2, 0.25) is 0 Å². The van der Waals surface area contributed by atoms with E-state index in [-0.39, 0.29) is 17.9 Å². The van der Waals surface area contributed by atoms with Gasteiger partial charge < -0.3 is 19.5 Å². The van der Waals surface area contributed by atoms with Crippen LogP contribution < -0.4 is 19.5 Å². The summed E-state index contributed by atoms with van der Waals surface area (Å²) in [5, 5.41) is 12.1. The van der Waals surface area contributed by atoms with Gasteiger partial charge in [0.2, 0.25) is 0 Å². The van der Waals surface area contributed by atoms with E-state index in [2.05, 4.69) is 23.5 Å². The van der Waals surface area contributed by atoms with Crippen molar-refractivity contribution in [2.45, 2.75) is 37.5 Å². The maximum absolute atomic E-state index is 12.5. The predicted molar refractivity (Wildman–Crippen MR) is 114 cm³/mol. The molecule has 158 valence electrons. The van der Waals surface area contributed by atoms with Gasteiger partial charge in [-0.25, -0.2) is 0 Å². The molecule has 0 spiro atoms. The van der Waals surface area contributed by atoms with E-state index >= 15 is 0 Å². The minimum atomic E-state index is -0.181. The van der Waals surface area contributed by atoms with Gasteiger partial charge in [-0.3, -0.25) is 4.79 Å². The third-order valence-corrected chi connectivity index (χ3v) is 5.79. The first-order chi connectivity index (χ1) is 14.6. The molecule has 6 heteroatoms. The fourth-order valence-electron chi connectivity index (χ4n) is 4.06. The summed E-state index contributed by atoms with van der Waals surface area (Å²) in [4.78, 5) is 12.5. The number of methoxy groups -OCH3 is 2. The van der Waals surface area contributed by atoms with Crippen LogP contribution in [0.15, 0.2) is 42.5 Å². The van der Waals surface area contributed by atoms with Crippen molar-refractivity contribution in [2.24, 2.45) is 0 Å². The maximum atomic E-state index is 12.5. The average molecular weight is 408 g/mol. The van der Waals surface area contributed by atoms with E-state index in [4.69, 9.17) is 19.5 Å². The number of carbonyl (C=O) groups excluding carboxylic acids is 1. The summed E-state index contributed by atoms with van der Waals surface area (Å²) in [5.74, 6) is 1.52. The lowest BCUT2D eigenvalue weighted by atomic mass is 9.69. The molecule has 1 amide bonds. The summed E-state index contributed by atoms with van der Waals surface area (Å²) >= 11 is 0. The Hall–Kier alpha value is -3.20. The number of nitriles is 1. The summed E-state index contributed by atoms with van der Waals surface area (Å²) in [6.07, 6.45) is 5.63. The number of ether oxygens (including phenoxy) is 3. The fraction of sp³-hybridized carbons (Fsp3) is 0.417. The molecule has 1 aliphatic carbocycles. The molecule has 0 radical (unpaired) electrons. The number of hydrogen-bond acceptors (Lipinski definition) is 5. The molecule has 1 N–H and O–H groups in total. The lowest BCUT2D eigenvalue weighted by Crippen LogP contribution is -2.43. The quantitative estimate of drug-likeness (QED) is 0.715. The third-order valence-electron chi connectivity index (χ3n) is 5.79. The minimum Gasteiger partial charge on any atom is -0.497 e. The van der Waals surface area contributed by atoms with Gasteiger partial charge in [0.15, 0.2) is 18.1 Å². The van der Waals surface area contributed by atoms with Crippen molar-refractivity contribution in [1.82, 2.24) is 5.32 Å². The summed E-state index contributed by atoms with van der Waals surface area (Å²) in [6.45, 7) is 0.465. The van der Waals surface area contributed by atoms with Crippen LogP contribution in [0.1, 0.15) is 43.2 Å². The zero-order valence-electron chi connectivity index (χ0n) is 17.6. The van der Waals surface area contributed by atoms with Crippen molar-refractivity contribution in [3.63, 3.8) is 0 Å². The summed E-state index contributed by atoms with van der Waals surface area (Å²) in [5.41, 5.74) is 1.65. The van der Waals surface area contributed by atoms with Crippen LogP contribution in [0.3, 0.4) is 0 Å². The summed E-state index contributed by atoms with van der Waals surface area (Å²) < 4.78 is 16.2. The van der Waals surface area contributed by atoms with Gasteiger partial charge in [-0.1, -0.05) is 31.4 Å². The van der Waals surface area contributed by atoms with Gasteiger partial charge in [0.25, 0.3) is 5.91 Å². The molecule has 1 saturated carbocycles. The van der Waals surface area contributed by atoms with Gasteiger partial charge >= 0.3 is 0 Å². The fourth-order valence-corrected chi connectivity index (χ4v) is 4.06. The largest absolute Gasteiger partial charge is 0.497 e. The number of nitrogens with zero attached hydrogens (tertiary/aromatic N) is 1. The molecule has 2 aromatic carbocycles. The molecule has 0 saturated heterocycles. The van der Waals surface area contributed by atoms with Crippen molar-refractivity contribution in [2.75, 3.05) is 27.4 Å². The Morgan fingerprint density at radius 3 is 2.40 bits per heavy atom. The van der Waals surface area contributed by atoms with Gasteiger partial charge in [-0.2, -0.15) is 5.26 Å². The number of benzene rings is 2. The van der Waals surface area contributed by atoms with Crippen LogP contribution in [0, 0.1) is 11.3 Å². The molecule has 1 aliphatic rings. The van der Waals surface area contributed by atoms with Gasteiger partial charge in [0.05, 0.1) is 25.9 Å². The van der Waals surface area contributed by atoms with Gasteiger partial charge in [-0.15, -0.1) is 0 Å². The number of nitrogens with one attached hydrogen (secondary N) is 1. The Bertz CT molecular complexity index is 896. The standard InChI is InChI=1S/C24H28N2O4/c1-28-20-9-7-19(8-10-20)24(12-4-3-5-13-24)17-26-23(27)16-30-21-11-6-18(15-25)14-22(21)29-2/h6-11,14H,3-5,12-13,16-17H2,1-2H3,(H,26,27). The third kappa shape index (κ3) is 5.04. The lowest BCUT2D eigenvalue weighted by molar-refractivity contribution is -0.123. The SMILES string of the molecule is COc1ccc(C2(CNC(=O)COc3ccc(C#N)cc3OC)CCCCC2)cc1. The normalized spacial score (nSPS) is 15.0. The van der Waals surface area contributed by atoms with Crippen LogP contribution >= 0.6 is 0 Å². The highest BCUT2D eigenvalue weighted by Gasteiger charge is 2.34. The van der Waals surface area contributed by atoms with Crippen molar-refractivity contribution in [3.05, 3.63) is 53.6 Å². The van der Waals surface area contributed by atoms with Crippen LogP contribution in [0.4, 0.5) is 0 Å². The summed E-state index contributed by atoms with van der Waals surface area (Å²) in [7, 11) is 3.17. The minimum absolute atomic E-state index is 0.0632. The first-order valence-electron chi connectivity index (χ1n) is 10.2. The second-order valence-corrected chi connectivity index (χ2v) is 7.61. The Morgan fingerprint density at radius 2 is 1.77 bits per heavy atom. The Morgan fingerprint density at radius 1 is 1.03 bits per heavy atom. The smallest absolute Gasteiger partial charge is 0.257 e.